The summed E-state index contributed by atoms with van der Waals surface area (Å²) in [6, 6.07) is 5.81. The molecule has 0 aliphatic carbocycles. The zero-order chi connectivity index (χ0) is 24.7. The Hall–Kier alpha value is -3.57. The first-order chi connectivity index (χ1) is 16.9. The van der Waals surface area contributed by atoms with Crippen molar-refractivity contribution < 1.29 is 27.8 Å². The van der Waals surface area contributed by atoms with E-state index in [1.54, 1.807) is 15.7 Å². The average Bonchev–Trinajstić information content (AvgIpc) is 3.45. The molecule has 11 heteroatoms. The summed E-state index contributed by atoms with van der Waals surface area (Å²) in [5.74, 6) is -2.38. The van der Waals surface area contributed by atoms with Crippen LogP contribution in [-0.2, 0) is 15.9 Å². The maximum atomic E-state index is 15.2. The summed E-state index contributed by atoms with van der Waals surface area (Å²) in [4.78, 5) is 30.1. The standard InChI is InChI=1S/C24H22F2N4O4S/c1-27-23(31)14-7-16(25)21(17(26)8-14)22-18(10-15-11-29(4-5-34-15)24(32)33-2)30-12-19-13(3-6-35-19)9-20(30)28-22/h3,6-9,12,15H,4-5,10-11H2,1-2H3,(H,27,31)/t15-/m0/s1. The number of pyridine rings is 1. The highest BCUT2D eigenvalue weighted by Crippen LogP contribution is 2.33. The molecule has 1 aliphatic rings. The van der Waals surface area contributed by atoms with Crippen LogP contribution in [0.4, 0.5) is 13.6 Å². The van der Waals surface area contributed by atoms with Crippen molar-refractivity contribution in [3.8, 4) is 11.3 Å². The number of carbonyl (C=O) groups is 2. The van der Waals surface area contributed by atoms with Crippen LogP contribution >= 0.6 is 11.3 Å². The van der Waals surface area contributed by atoms with Crippen molar-refractivity contribution in [2.45, 2.75) is 12.5 Å². The molecular formula is C24H22F2N4O4S. The van der Waals surface area contributed by atoms with Crippen LogP contribution in [0, 0.1) is 11.6 Å². The van der Waals surface area contributed by atoms with Gasteiger partial charge in [0, 0.05) is 31.8 Å². The van der Waals surface area contributed by atoms with Gasteiger partial charge >= 0.3 is 6.09 Å². The molecule has 8 nitrogen and oxygen atoms in total. The van der Waals surface area contributed by atoms with E-state index < -0.39 is 29.7 Å². The van der Waals surface area contributed by atoms with E-state index in [0.717, 1.165) is 22.2 Å². The van der Waals surface area contributed by atoms with Gasteiger partial charge < -0.3 is 24.1 Å². The van der Waals surface area contributed by atoms with Crippen molar-refractivity contribution in [1.82, 2.24) is 19.6 Å². The SMILES string of the molecule is CNC(=O)c1cc(F)c(-c2nc3cc4ccsc4cn3c2C[C@H]2CN(C(=O)OC)CCO2)c(F)c1. The fourth-order valence-corrected chi connectivity index (χ4v) is 5.16. The second kappa shape index (κ2) is 9.23. The van der Waals surface area contributed by atoms with E-state index in [4.69, 9.17) is 9.47 Å². The number of carbonyl (C=O) groups excluding carboxylic acids is 2. The van der Waals surface area contributed by atoms with Crippen molar-refractivity contribution in [2.24, 2.45) is 0 Å². The molecule has 35 heavy (non-hydrogen) atoms. The highest BCUT2D eigenvalue weighted by Gasteiger charge is 2.29. The number of imidazole rings is 1. The third kappa shape index (κ3) is 4.21. The van der Waals surface area contributed by atoms with E-state index in [9.17, 15) is 9.59 Å². The molecule has 3 aromatic heterocycles. The van der Waals surface area contributed by atoms with Crippen LogP contribution in [0.15, 0.2) is 35.8 Å². The number of aromatic nitrogens is 2. The topological polar surface area (TPSA) is 85.2 Å². The zero-order valence-corrected chi connectivity index (χ0v) is 19.8. The molecule has 1 saturated heterocycles. The highest BCUT2D eigenvalue weighted by molar-refractivity contribution is 7.17. The first-order valence-corrected chi connectivity index (χ1v) is 11.8. The molecule has 182 valence electrons. The maximum Gasteiger partial charge on any atom is 0.409 e. The van der Waals surface area contributed by atoms with Crippen molar-refractivity contribution in [3.63, 3.8) is 0 Å². The van der Waals surface area contributed by atoms with E-state index in [0.29, 0.717) is 24.5 Å². The van der Waals surface area contributed by atoms with Gasteiger partial charge in [0.25, 0.3) is 5.91 Å². The summed E-state index contributed by atoms with van der Waals surface area (Å²) in [6.07, 6.45) is 1.24. The summed E-state index contributed by atoms with van der Waals surface area (Å²) >= 11 is 1.54. The van der Waals surface area contributed by atoms with Gasteiger partial charge in [0.1, 0.15) is 17.3 Å². The van der Waals surface area contributed by atoms with E-state index >= 15 is 8.78 Å². The second-order valence-electron chi connectivity index (χ2n) is 8.16. The number of ether oxygens (including phenoxy) is 2. The van der Waals surface area contributed by atoms with Crippen LogP contribution in [-0.4, -0.2) is 66.2 Å². The van der Waals surface area contributed by atoms with Crippen molar-refractivity contribution in [1.29, 1.82) is 0 Å². The quantitative estimate of drug-likeness (QED) is 0.460. The number of hydrogen-bond acceptors (Lipinski definition) is 6. The summed E-state index contributed by atoms with van der Waals surface area (Å²) in [7, 11) is 2.70. The largest absolute Gasteiger partial charge is 0.453 e. The number of benzene rings is 1. The predicted octanol–water partition coefficient (Wildman–Crippen LogP) is 3.86. The smallest absolute Gasteiger partial charge is 0.409 e. The Morgan fingerprint density at radius 3 is 2.77 bits per heavy atom. The number of morpholine rings is 1. The molecule has 5 rings (SSSR count). The maximum absolute atomic E-state index is 15.2. The lowest BCUT2D eigenvalue weighted by Gasteiger charge is -2.32. The lowest BCUT2D eigenvalue weighted by atomic mass is 10.0. The van der Waals surface area contributed by atoms with E-state index in [2.05, 4.69) is 10.3 Å². The highest BCUT2D eigenvalue weighted by atomic mass is 32.1. The third-order valence-corrected chi connectivity index (χ3v) is 6.92. The van der Waals surface area contributed by atoms with Crippen LogP contribution in [0.5, 0.6) is 0 Å². The molecule has 0 radical (unpaired) electrons. The number of hydrogen-bond donors (Lipinski definition) is 1. The van der Waals surface area contributed by atoms with Gasteiger partial charge in [0.05, 0.1) is 48.0 Å². The van der Waals surface area contributed by atoms with Crippen molar-refractivity contribution in [2.75, 3.05) is 33.9 Å². The van der Waals surface area contributed by atoms with Crippen LogP contribution < -0.4 is 5.32 Å². The number of rotatable bonds is 4. The Bertz CT molecular complexity index is 1430. The molecular weight excluding hydrogens is 478 g/mol. The van der Waals surface area contributed by atoms with Gasteiger partial charge in [-0.15, -0.1) is 11.3 Å². The minimum atomic E-state index is -0.893. The summed E-state index contributed by atoms with van der Waals surface area (Å²) in [6.45, 7) is 0.967. The third-order valence-electron chi connectivity index (χ3n) is 6.06. The molecule has 1 aliphatic heterocycles. The molecule has 2 amide bonds. The van der Waals surface area contributed by atoms with E-state index in [1.807, 2.05) is 23.7 Å². The summed E-state index contributed by atoms with van der Waals surface area (Å²) < 4.78 is 44.0. The number of halogens is 2. The van der Waals surface area contributed by atoms with Crippen LogP contribution in [0.1, 0.15) is 16.1 Å². The number of nitrogens with one attached hydrogen (secondary N) is 1. The fourth-order valence-electron chi connectivity index (χ4n) is 4.37. The fraction of sp³-hybridized carbons (Fsp3) is 0.292. The van der Waals surface area contributed by atoms with Gasteiger partial charge in [-0.2, -0.15) is 0 Å². The van der Waals surface area contributed by atoms with Gasteiger partial charge in [0.2, 0.25) is 0 Å². The average molecular weight is 501 g/mol. The molecule has 4 heterocycles. The molecule has 1 aromatic carbocycles. The van der Waals surface area contributed by atoms with Gasteiger partial charge in [-0.25, -0.2) is 18.6 Å². The Balaban J connectivity index is 1.63. The molecule has 0 unspecified atom stereocenters. The minimum absolute atomic E-state index is 0.124. The Morgan fingerprint density at radius 1 is 1.29 bits per heavy atom. The number of thiophene rings is 1. The zero-order valence-electron chi connectivity index (χ0n) is 19.0. The van der Waals surface area contributed by atoms with Gasteiger partial charge in [-0.3, -0.25) is 4.79 Å². The monoisotopic (exact) mass is 500 g/mol. The normalized spacial score (nSPS) is 16.1. The second-order valence-corrected chi connectivity index (χ2v) is 9.10. The number of methoxy groups -OCH3 is 1. The number of fused-ring (bicyclic) bond motifs is 2. The van der Waals surface area contributed by atoms with E-state index in [-0.39, 0.29) is 29.8 Å². The molecule has 0 bridgehead atoms. The van der Waals surface area contributed by atoms with E-state index in [1.165, 1.54) is 19.1 Å². The van der Waals surface area contributed by atoms with Gasteiger partial charge in [0.15, 0.2) is 0 Å². The number of amides is 2. The first-order valence-electron chi connectivity index (χ1n) is 10.9. The Morgan fingerprint density at radius 2 is 2.06 bits per heavy atom. The lowest BCUT2D eigenvalue weighted by molar-refractivity contribution is -0.0241. The molecule has 1 atom stereocenters. The van der Waals surface area contributed by atoms with Gasteiger partial charge in [-0.05, 0) is 35.0 Å². The lowest BCUT2D eigenvalue weighted by Crippen LogP contribution is -2.46. The molecule has 4 aromatic rings. The molecule has 0 spiro atoms. The van der Waals surface area contributed by atoms with Crippen LogP contribution in [0.3, 0.4) is 0 Å². The van der Waals surface area contributed by atoms with Crippen LogP contribution in [0.2, 0.25) is 0 Å². The van der Waals surface area contributed by atoms with Gasteiger partial charge in [-0.1, -0.05) is 0 Å². The van der Waals surface area contributed by atoms with Crippen molar-refractivity contribution >= 4 is 39.1 Å². The number of nitrogens with zero attached hydrogens (tertiary/aromatic N) is 3. The van der Waals surface area contributed by atoms with Crippen molar-refractivity contribution in [3.05, 3.63) is 58.7 Å². The van der Waals surface area contributed by atoms with Crippen LogP contribution in [0.25, 0.3) is 27.0 Å². The Kier molecular flexibility index (Phi) is 6.12. The summed E-state index contributed by atoms with van der Waals surface area (Å²) in [5.41, 5.74) is 0.745. The first kappa shape index (κ1) is 23.2. The molecule has 1 fully saturated rings. The molecule has 0 saturated carbocycles. The Labute approximate surface area is 203 Å². The predicted molar refractivity (Wildman–Crippen MR) is 127 cm³/mol. The molecule has 1 N–H and O–H groups in total. The minimum Gasteiger partial charge on any atom is -0.453 e. The summed E-state index contributed by atoms with van der Waals surface area (Å²) in [5, 5.41) is 5.29.